The molecule has 1 aliphatic heterocycles. The molecule has 3 N–H and O–H groups in total. The van der Waals surface area contributed by atoms with E-state index in [4.69, 9.17) is 0 Å². The monoisotopic (exact) mass is 293 g/mol. The molecule has 0 bridgehead atoms. The molecular formula is C15H20FN3O2. The number of hydrogen-bond donors (Lipinski definition) is 3. The van der Waals surface area contributed by atoms with Crippen LogP contribution in [-0.4, -0.2) is 24.5 Å². The molecule has 0 spiro atoms. The van der Waals surface area contributed by atoms with E-state index in [1.165, 1.54) is 6.07 Å². The predicted molar refractivity (Wildman–Crippen MR) is 78.5 cm³/mol. The molecule has 2 rings (SSSR count). The van der Waals surface area contributed by atoms with E-state index in [1.807, 2.05) is 13.8 Å². The fraction of sp³-hybridized carbons (Fsp3) is 0.467. The lowest BCUT2D eigenvalue weighted by Crippen LogP contribution is -2.55. The third-order valence-electron chi connectivity index (χ3n) is 3.73. The predicted octanol–water partition coefficient (Wildman–Crippen LogP) is 2.03. The van der Waals surface area contributed by atoms with Crippen molar-refractivity contribution in [3.05, 3.63) is 29.6 Å². The summed E-state index contributed by atoms with van der Waals surface area (Å²) >= 11 is 0. The lowest BCUT2D eigenvalue weighted by Gasteiger charge is -2.28. The Kier molecular flexibility index (Phi) is 4.77. The topological polar surface area (TPSA) is 70.2 Å². The number of urea groups is 1. The van der Waals surface area contributed by atoms with Crippen molar-refractivity contribution >= 4 is 17.6 Å². The second kappa shape index (κ2) is 6.56. The summed E-state index contributed by atoms with van der Waals surface area (Å²) in [7, 11) is 0. The fourth-order valence-corrected chi connectivity index (χ4v) is 2.39. The standard InChI is InChI=1S/C15H20FN3O2/c1-3-10-4-5-11(8-12(10)16)18-15(21)19-13-9(2)6-7-17-14(13)20/h4-5,8-9,13H,3,6-7H2,1-2H3,(H,17,20)(H2,18,19,21)/t9-,13+/m0/s1. The Morgan fingerprint density at radius 1 is 1.48 bits per heavy atom. The highest BCUT2D eigenvalue weighted by Gasteiger charge is 2.30. The molecule has 114 valence electrons. The van der Waals surface area contributed by atoms with Crippen LogP contribution in [0.1, 0.15) is 25.8 Å². The highest BCUT2D eigenvalue weighted by atomic mass is 19.1. The average Bonchev–Trinajstić information content (AvgIpc) is 2.43. The zero-order valence-corrected chi connectivity index (χ0v) is 12.2. The fourth-order valence-electron chi connectivity index (χ4n) is 2.39. The van der Waals surface area contributed by atoms with Crippen molar-refractivity contribution < 1.29 is 14.0 Å². The van der Waals surface area contributed by atoms with E-state index in [-0.39, 0.29) is 17.6 Å². The zero-order chi connectivity index (χ0) is 15.4. The average molecular weight is 293 g/mol. The van der Waals surface area contributed by atoms with Crippen molar-refractivity contribution in [1.29, 1.82) is 0 Å². The lowest BCUT2D eigenvalue weighted by atomic mass is 9.94. The summed E-state index contributed by atoms with van der Waals surface area (Å²) in [5, 5.41) is 7.90. The molecule has 21 heavy (non-hydrogen) atoms. The third kappa shape index (κ3) is 3.71. The van der Waals surface area contributed by atoms with Gasteiger partial charge >= 0.3 is 6.03 Å². The summed E-state index contributed by atoms with van der Waals surface area (Å²) in [5.41, 5.74) is 0.965. The van der Waals surface area contributed by atoms with Crippen LogP contribution in [0, 0.1) is 11.7 Å². The van der Waals surface area contributed by atoms with Gasteiger partial charge in [-0.3, -0.25) is 4.79 Å². The van der Waals surface area contributed by atoms with Gasteiger partial charge in [0.2, 0.25) is 5.91 Å². The maximum atomic E-state index is 13.6. The minimum absolute atomic E-state index is 0.0729. The summed E-state index contributed by atoms with van der Waals surface area (Å²) in [6, 6.07) is 3.50. The number of benzene rings is 1. The van der Waals surface area contributed by atoms with Gasteiger partial charge in [-0.15, -0.1) is 0 Å². The summed E-state index contributed by atoms with van der Waals surface area (Å²) < 4.78 is 13.6. The largest absolute Gasteiger partial charge is 0.354 e. The summed E-state index contributed by atoms with van der Waals surface area (Å²) in [6.07, 6.45) is 1.41. The normalized spacial score (nSPS) is 21.6. The molecule has 1 heterocycles. The van der Waals surface area contributed by atoms with Gasteiger partial charge in [0.05, 0.1) is 0 Å². The molecule has 1 fully saturated rings. The van der Waals surface area contributed by atoms with Crippen LogP contribution >= 0.6 is 0 Å². The van der Waals surface area contributed by atoms with E-state index in [1.54, 1.807) is 12.1 Å². The number of anilines is 1. The third-order valence-corrected chi connectivity index (χ3v) is 3.73. The van der Waals surface area contributed by atoms with Crippen LogP contribution in [-0.2, 0) is 11.2 Å². The molecule has 0 aromatic heterocycles. The molecule has 0 saturated carbocycles. The number of piperidine rings is 1. The molecule has 0 aliphatic carbocycles. The van der Waals surface area contributed by atoms with E-state index in [0.717, 1.165) is 6.42 Å². The molecule has 0 unspecified atom stereocenters. The van der Waals surface area contributed by atoms with Crippen LogP contribution in [0.25, 0.3) is 0 Å². The maximum absolute atomic E-state index is 13.6. The van der Waals surface area contributed by atoms with Gasteiger partial charge in [0.1, 0.15) is 11.9 Å². The number of carbonyl (C=O) groups is 2. The number of carbonyl (C=O) groups excluding carboxylic acids is 2. The van der Waals surface area contributed by atoms with Crippen molar-refractivity contribution in [2.75, 3.05) is 11.9 Å². The zero-order valence-electron chi connectivity index (χ0n) is 12.2. The first kappa shape index (κ1) is 15.3. The molecule has 1 aromatic carbocycles. The SMILES string of the molecule is CCc1ccc(NC(=O)N[C@H]2C(=O)NCC[C@@H]2C)cc1F. The number of hydrogen-bond acceptors (Lipinski definition) is 2. The Balaban J connectivity index is 1.98. The minimum Gasteiger partial charge on any atom is -0.354 e. The van der Waals surface area contributed by atoms with Crippen LogP contribution < -0.4 is 16.0 Å². The Morgan fingerprint density at radius 3 is 2.86 bits per heavy atom. The second-order valence-corrected chi connectivity index (χ2v) is 5.29. The van der Waals surface area contributed by atoms with Crippen LogP contribution in [0.15, 0.2) is 18.2 Å². The highest BCUT2D eigenvalue weighted by Crippen LogP contribution is 2.16. The van der Waals surface area contributed by atoms with E-state index in [0.29, 0.717) is 24.2 Å². The maximum Gasteiger partial charge on any atom is 0.319 e. The summed E-state index contributed by atoms with van der Waals surface area (Å²) in [5.74, 6) is -0.459. The molecule has 0 radical (unpaired) electrons. The van der Waals surface area contributed by atoms with Gasteiger partial charge in [0, 0.05) is 12.2 Å². The number of halogens is 1. The van der Waals surface area contributed by atoms with Crippen LogP contribution in [0.5, 0.6) is 0 Å². The molecule has 6 heteroatoms. The van der Waals surface area contributed by atoms with Crippen LogP contribution in [0.4, 0.5) is 14.9 Å². The van der Waals surface area contributed by atoms with E-state index < -0.39 is 12.1 Å². The van der Waals surface area contributed by atoms with Gasteiger partial charge < -0.3 is 16.0 Å². The lowest BCUT2D eigenvalue weighted by molar-refractivity contribution is -0.125. The second-order valence-electron chi connectivity index (χ2n) is 5.29. The molecule has 1 saturated heterocycles. The van der Waals surface area contributed by atoms with Gasteiger partial charge in [0.15, 0.2) is 0 Å². The Hall–Kier alpha value is -2.11. The molecular weight excluding hydrogens is 273 g/mol. The van der Waals surface area contributed by atoms with Crippen molar-refractivity contribution in [1.82, 2.24) is 10.6 Å². The summed E-state index contributed by atoms with van der Waals surface area (Å²) in [6.45, 7) is 4.41. The molecule has 1 aliphatic rings. The van der Waals surface area contributed by atoms with E-state index >= 15 is 0 Å². The van der Waals surface area contributed by atoms with E-state index in [9.17, 15) is 14.0 Å². The van der Waals surface area contributed by atoms with Gasteiger partial charge in [-0.1, -0.05) is 19.9 Å². The molecule has 1 aromatic rings. The van der Waals surface area contributed by atoms with Crippen molar-refractivity contribution in [3.63, 3.8) is 0 Å². The van der Waals surface area contributed by atoms with Crippen LogP contribution in [0.3, 0.4) is 0 Å². The number of aryl methyl sites for hydroxylation is 1. The first-order chi connectivity index (χ1) is 10.0. The number of nitrogens with one attached hydrogen (secondary N) is 3. The quantitative estimate of drug-likeness (QED) is 0.798. The van der Waals surface area contributed by atoms with Crippen molar-refractivity contribution in [2.45, 2.75) is 32.7 Å². The Labute approximate surface area is 123 Å². The molecule has 3 amide bonds. The van der Waals surface area contributed by atoms with Gasteiger partial charge in [-0.25, -0.2) is 9.18 Å². The molecule has 2 atom stereocenters. The van der Waals surface area contributed by atoms with Gasteiger partial charge in [0.25, 0.3) is 0 Å². The highest BCUT2D eigenvalue weighted by molar-refractivity contribution is 5.94. The number of rotatable bonds is 3. The minimum atomic E-state index is -0.557. The molecule has 5 nitrogen and oxygen atoms in total. The smallest absolute Gasteiger partial charge is 0.319 e. The van der Waals surface area contributed by atoms with Crippen molar-refractivity contribution in [3.8, 4) is 0 Å². The van der Waals surface area contributed by atoms with Gasteiger partial charge in [-0.05, 0) is 36.5 Å². The van der Waals surface area contributed by atoms with Crippen LogP contribution in [0.2, 0.25) is 0 Å². The first-order valence-corrected chi connectivity index (χ1v) is 7.15. The Morgan fingerprint density at radius 2 is 2.24 bits per heavy atom. The van der Waals surface area contributed by atoms with Crippen molar-refractivity contribution in [2.24, 2.45) is 5.92 Å². The number of amides is 3. The van der Waals surface area contributed by atoms with E-state index in [2.05, 4.69) is 16.0 Å². The Bertz CT molecular complexity index is 548. The summed E-state index contributed by atoms with van der Waals surface area (Å²) in [4.78, 5) is 23.6. The first-order valence-electron chi connectivity index (χ1n) is 7.15. The van der Waals surface area contributed by atoms with Gasteiger partial charge in [-0.2, -0.15) is 0 Å².